The molecule has 0 radical (unpaired) electrons. The van der Waals surface area contributed by atoms with Crippen molar-refractivity contribution in [3.63, 3.8) is 0 Å². The van der Waals surface area contributed by atoms with E-state index in [2.05, 4.69) is 5.32 Å². The molecule has 2 atom stereocenters. The number of hydrogen-bond donors (Lipinski definition) is 1. The molecule has 2 amide bonds. The van der Waals surface area contributed by atoms with Gasteiger partial charge in [-0.1, -0.05) is 25.5 Å². The predicted octanol–water partition coefficient (Wildman–Crippen LogP) is 2.24. The van der Waals surface area contributed by atoms with Crippen LogP contribution in [0.2, 0.25) is 0 Å². The molecule has 1 N–H and O–H groups in total. The van der Waals surface area contributed by atoms with Gasteiger partial charge < -0.3 is 4.74 Å². The van der Waals surface area contributed by atoms with Crippen LogP contribution in [0.5, 0.6) is 5.75 Å². The molecule has 0 aliphatic carbocycles. The second-order valence-corrected chi connectivity index (χ2v) is 4.89. The van der Waals surface area contributed by atoms with E-state index in [0.29, 0.717) is 6.42 Å². The lowest BCUT2D eigenvalue weighted by atomic mass is 9.78. The summed E-state index contributed by atoms with van der Waals surface area (Å²) in [6, 6.07) is 7.64. The molecule has 2 unspecified atom stereocenters. The maximum Gasteiger partial charge on any atom is 0.230 e. The van der Waals surface area contributed by atoms with Crippen LogP contribution in [0, 0.1) is 5.92 Å². The number of piperidine rings is 1. The fraction of sp³-hybridized carbons (Fsp3) is 0.467. The largest absolute Gasteiger partial charge is 0.497 e. The Morgan fingerprint density at radius 1 is 1.37 bits per heavy atom. The molecule has 4 nitrogen and oxygen atoms in total. The number of benzene rings is 1. The van der Waals surface area contributed by atoms with E-state index in [1.165, 1.54) is 0 Å². The average molecular weight is 261 g/mol. The summed E-state index contributed by atoms with van der Waals surface area (Å²) in [5, 5.41) is 2.43. The van der Waals surface area contributed by atoms with Gasteiger partial charge in [0.25, 0.3) is 0 Å². The highest BCUT2D eigenvalue weighted by molar-refractivity contribution is 5.99. The van der Waals surface area contributed by atoms with Crippen LogP contribution in [-0.4, -0.2) is 18.9 Å². The first-order valence-corrected chi connectivity index (χ1v) is 6.63. The molecule has 2 rings (SSSR count). The second-order valence-electron chi connectivity index (χ2n) is 4.89. The molecule has 0 bridgehead atoms. The lowest BCUT2D eigenvalue weighted by Crippen LogP contribution is -2.44. The van der Waals surface area contributed by atoms with Gasteiger partial charge in [-0.15, -0.1) is 0 Å². The maximum atomic E-state index is 12.0. The van der Waals surface area contributed by atoms with Crippen LogP contribution >= 0.6 is 0 Å². The zero-order valence-electron chi connectivity index (χ0n) is 11.3. The van der Waals surface area contributed by atoms with Gasteiger partial charge in [-0.2, -0.15) is 0 Å². The highest BCUT2D eigenvalue weighted by Gasteiger charge is 2.36. The van der Waals surface area contributed by atoms with Crippen LogP contribution in [0.3, 0.4) is 0 Å². The van der Waals surface area contributed by atoms with Gasteiger partial charge in [0.2, 0.25) is 11.8 Å². The Morgan fingerprint density at radius 3 is 2.84 bits per heavy atom. The second kappa shape index (κ2) is 5.87. The first kappa shape index (κ1) is 13.6. The van der Waals surface area contributed by atoms with Gasteiger partial charge in [-0.3, -0.25) is 14.9 Å². The van der Waals surface area contributed by atoms with Gasteiger partial charge in [0.1, 0.15) is 5.75 Å². The molecule has 0 saturated carbocycles. The Kier molecular flexibility index (Phi) is 4.20. The summed E-state index contributed by atoms with van der Waals surface area (Å²) < 4.78 is 5.21. The van der Waals surface area contributed by atoms with Gasteiger partial charge >= 0.3 is 0 Å². The van der Waals surface area contributed by atoms with Crippen molar-refractivity contribution in [3.05, 3.63) is 29.8 Å². The van der Waals surface area contributed by atoms with E-state index in [1.54, 1.807) is 7.11 Å². The summed E-state index contributed by atoms with van der Waals surface area (Å²) in [4.78, 5) is 23.6. The third kappa shape index (κ3) is 2.95. The van der Waals surface area contributed by atoms with Crippen molar-refractivity contribution < 1.29 is 14.3 Å². The van der Waals surface area contributed by atoms with Gasteiger partial charge in [0.15, 0.2) is 0 Å². The molecule has 1 aromatic carbocycles. The number of carbonyl (C=O) groups excluding carboxylic acids is 2. The summed E-state index contributed by atoms with van der Waals surface area (Å²) in [6.45, 7) is 2.05. The summed E-state index contributed by atoms with van der Waals surface area (Å²) in [7, 11) is 1.61. The first-order chi connectivity index (χ1) is 9.15. The van der Waals surface area contributed by atoms with Crippen LogP contribution in [0.4, 0.5) is 0 Å². The fourth-order valence-electron chi connectivity index (χ4n) is 2.67. The Hall–Kier alpha value is -1.84. The fourth-order valence-corrected chi connectivity index (χ4v) is 2.67. The molecule has 1 heterocycles. The maximum absolute atomic E-state index is 12.0. The number of amides is 2. The van der Waals surface area contributed by atoms with Crippen molar-refractivity contribution in [1.29, 1.82) is 0 Å². The third-order valence-electron chi connectivity index (χ3n) is 3.61. The van der Waals surface area contributed by atoms with Gasteiger partial charge in [0.05, 0.1) is 7.11 Å². The summed E-state index contributed by atoms with van der Waals surface area (Å²) in [5.74, 6) is 0.244. The Bertz CT molecular complexity index is 484. The van der Waals surface area contributed by atoms with E-state index in [-0.39, 0.29) is 23.7 Å². The van der Waals surface area contributed by atoms with Crippen molar-refractivity contribution in [3.8, 4) is 5.75 Å². The minimum atomic E-state index is -0.190. The standard InChI is InChI=1S/C15H19NO3/c1-3-5-12-13(9-14(17)16-15(12)18)10-6-4-7-11(8-10)19-2/h4,6-8,12-13H,3,5,9H2,1-2H3,(H,16,17,18). The molecule has 1 fully saturated rings. The molecule has 19 heavy (non-hydrogen) atoms. The summed E-state index contributed by atoms with van der Waals surface area (Å²) in [5.41, 5.74) is 1.00. The van der Waals surface area contributed by atoms with Crippen LogP contribution in [0.1, 0.15) is 37.7 Å². The Morgan fingerprint density at radius 2 is 2.16 bits per heavy atom. The number of nitrogens with one attached hydrogen (secondary N) is 1. The number of methoxy groups -OCH3 is 1. The summed E-state index contributed by atoms with van der Waals surface area (Å²) >= 11 is 0. The molecular formula is C15H19NO3. The molecular weight excluding hydrogens is 242 g/mol. The van der Waals surface area contributed by atoms with Crippen LogP contribution in [0.15, 0.2) is 24.3 Å². The van der Waals surface area contributed by atoms with Crippen molar-refractivity contribution in [2.45, 2.75) is 32.1 Å². The van der Waals surface area contributed by atoms with Crippen LogP contribution < -0.4 is 10.1 Å². The topological polar surface area (TPSA) is 55.4 Å². The predicted molar refractivity (Wildman–Crippen MR) is 71.9 cm³/mol. The SMILES string of the molecule is CCCC1C(=O)NC(=O)CC1c1cccc(OC)c1. The molecule has 102 valence electrons. The molecule has 0 aromatic heterocycles. The zero-order valence-corrected chi connectivity index (χ0v) is 11.3. The molecule has 1 aliphatic heterocycles. The van der Waals surface area contributed by atoms with Crippen molar-refractivity contribution in [2.24, 2.45) is 5.92 Å². The normalized spacial score (nSPS) is 23.1. The smallest absolute Gasteiger partial charge is 0.230 e. The Labute approximate surface area is 113 Å². The van der Waals surface area contributed by atoms with Crippen molar-refractivity contribution >= 4 is 11.8 Å². The summed E-state index contributed by atoms with van der Waals surface area (Å²) in [6.07, 6.45) is 2.08. The number of carbonyl (C=O) groups is 2. The van der Waals surface area contributed by atoms with Crippen molar-refractivity contribution in [2.75, 3.05) is 7.11 Å². The van der Waals surface area contributed by atoms with Crippen molar-refractivity contribution in [1.82, 2.24) is 5.32 Å². The average Bonchev–Trinajstić information content (AvgIpc) is 2.41. The molecule has 4 heteroatoms. The van der Waals surface area contributed by atoms with Crippen LogP contribution in [0.25, 0.3) is 0 Å². The molecule has 1 aliphatic rings. The molecule has 1 saturated heterocycles. The highest BCUT2D eigenvalue weighted by atomic mass is 16.5. The zero-order chi connectivity index (χ0) is 13.8. The van der Waals surface area contributed by atoms with Gasteiger partial charge in [-0.05, 0) is 24.1 Å². The van der Waals surface area contributed by atoms with Gasteiger partial charge in [0, 0.05) is 18.3 Å². The van der Waals surface area contributed by atoms with E-state index in [4.69, 9.17) is 4.74 Å². The first-order valence-electron chi connectivity index (χ1n) is 6.63. The van der Waals surface area contributed by atoms with E-state index in [1.807, 2.05) is 31.2 Å². The quantitative estimate of drug-likeness (QED) is 0.846. The molecule has 0 spiro atoms. The van der Waals surface area contributed by atoms with E-state index in [0.717, 1.165) is 24.2 Å². The third-order valence-corrected chi connectivity index (χ3v) is 3.61. The monoisotopic (exact) mass is 261 g/mol. The number of hydrogen-bond acceptors (Lipinski definition) is 3. The molecule has 1 aromatic rings. The minimum Gasteiger partial charge on any atom is -0.497 e. The van der Waals surface area contributed by atoms with E-state index >= 15 is 0 Å². The minimum absolute atomic E-state index is 0.0451. The number of ether oxygens (including phenoxy) is 1. The number of rotatable bonds is 4. The van der Waals surface area contributed by atoms with Gasteiger partial charge in [-0.25, -0.2) is 0 Å². The lowest BCUT2D eigenvalue weighted by Gasteiger charge is -2.30. The van der Waals surface area contributed by atoms with Crippen LogP contribution in [-0.2, 0) is 9.59 Å². The van der Waals surface area contributed by atoms with E-state index in [9.17, 15) is 9.59 Å². The highest BCUT2D eigenvalue weighted by Crippen LogP contribution is 2.35. The number of imide groups is 1. The lowest BCUT2D eigenvalue weighted by molar-refractivity contribution is -0.137. The Balaban J connectivity index is 2.31. The van der Waals surface area contributed by atoms with E-state index < -0.39 is 0 Å².